The molecule has 1 fully saturated rings. The molecule has 0 bridgehead atoms. The number of para-hydroxylation sites is 1. The molecule has 0 radical (unpaired) electrons. The fourth-order valence-electron chi connectivity index (χ4n) is 6.22. The molecule has 174 valence electrons. The summed E-state index contributed by atoms with van der Waals surface area (Å²) < 4.78 is 10.8. The molecule has 3 aromatic rings. The first-order valence-corrected chi connectivity index (χ1v) is 11.5. The van der Waals surface area contributed by atoms with Crippen LogP contribution in [0.25, 0.3) is 6.08 Å². The first-order valence-electron chi connectivity index (χ1n) is 11.5. The molecule has 2 heterocycles. The zero-order valence-corrected chi connectivity index (χ0v) is 19.3. The van der Waals surface area contributed by atoms with Crippen molar-refractivity contribution in [2.75, 3.05) is 19.1 Å². The Balaban J connectivity index is 1.69. The SMILES string of the molecule is COC(=O)[C@H]1[C@H](c2cccc(OC)c2)C2(C(=O)c3ccccc3C2=O)[C@H]2C=Cc3ccccc3N12. The van der Waals surface area contributed by atoms with E-state index in [0.717, 1.165) is 11.3 Å². The van der Waals surface area contributed by atoms with E-state index in [9.17, 15) is 14.4 Å². The molecule has 3 aromatic carbocycles. The summed E-state index contributed by atoms with van der Waals surface area (Å²) in [5.41, 5.74) is 1.63. The monoisotopic (exact) mass is 465 g/mol. The van der Waals surface area contributed by atoms with Crippen molar-refractivity contribution >= 4 is 29.3 Å². The number of ether oxygens (including phenoxy) is 2. The van der Waals surface area contributed by atoms with Gasteiger partial charge in [-0.1, -0.05) is 66.7 Å². The van der Waals surface area contributed by atoms with Gasteiger partial charge in [-0.2, -0.15) is 0 Å². The van der Waals surface area contributed by atoms with Crippen LogP contribution in [-0.4, -0.2) is 43.8 Å². The first kappa shape index (κ1) is 21.4. The highest BCUT2D eigenvalue weighted by Gasteiger charge is 2.71. The lowest BCUT2D eigenvalue weighted by molar-refractivity contribution is -0.142. The summed E-state index contributed by atoms with van der Waals surface area (Å²) in [4.78, 5) is 44.1. The lowest BCUT2D eigenvalue weighted by Gasteiger charge is -2.36. The smallest absolute Gasteiger partial charge is 0.329 e. The number of methoxy groups -OCH3 is 2. The van der Waals surface area contributed by atoms with Crippen molar-refractivity contribution in [1.29, 1.82) is 0 Å². The first-order chi connectivity index (χ1) is 17.0. The molecule has 0 unspecified atom stereocenters. The topological polar surface area (TPSA) is 72.9 Å². The van der Waals surface area contributed by atoms with Crippen LogP contribution in [0, 0.1) is 5.41 Å². The van der Waals surface area contributed by atoms with Gasteiger partial charge in [0.1, 0.15) is 17.2 Å². The van der Waals surface area contributed by atoms with Crippen molar-refractivity contribution in [2.45, 2.75) is 18.0 Å². The predicted molar refractivity (Wildman–Crippen MR) is 131 cm³/mol. The van der Waals surface area contributed by atoms with Crippen LogP contribution in [0.1, 0.15) is 37.8 Å². The fourth-order valence-corrected chi connectivity index (χ4v) is 6.22. The summed E-state index contributed by atoms with van der Waals surface area (Å²) in [6, 6.07) is 20.3. The molecule has 6 heteroatoms. The second-order valence-corrected chi connectivity index (χ2v) is 9.07. The summed E-state index contributed by atoms with van der Waals surface area (Å²) in [6.07, 6.45) is 3.82. The quantitative estimate of drug-likeness (QED) is 0.424. The Labute approximate surface area is 202 Å². The summed E-state index contributed by atoms with van der Waals surface area (Å²) in [5.74, 6) is -1.25. The third kappa shape index (κ3) is 2.68. The minimum atomic E-state index is -1.53. The number of fused-ring (bicyclic) bond motifs is 5. The van der Waals surface area contributed by atoms with Gasteiger partial charge in [-0.05, 0) is 29.3 Å². The molecular weight excluding hydrogens is 442 g/mol. The van der Waals surface area contributed by atoms with Crippen LogP contribution in [0.4, 0.5) is 5.69 Å². The summed E-state index contributed by atoms with van der Waals surface area (Å²) in [6.45, 7) is 0. The number of anilines is 1. The molecule has 35 heavy (non-hydrogen) atoms. The second kappa shape index (κ2) is 7.67. The van der Waals surface area contributed by atoms with E-state index in [4.69, 9.17) is 9.47 Å². The maximum Gasteiger partial charge on any atom is 0.329 e. The van der Waals surface area contributed by atoms with Crippen molar-refractivity contribution < 1.29 is 23.9 Å². The lowest BCUT2D eigenvalue weighted by Crippen LogP contribution is -2.48. The number of rotatable bonds is 3. The van der Waals surface area contributed by atoms with Gasteiger partial charge >= 0.3 is 5.97 Å². The van der Waals surface area contributed by atoms with Gasteiger partial charge in [0.15, 0.2) is 11.6 Å². The highest BCUT2D eigenvalue weighted by Crippen LogP contribution is 2.60. The van der Waals surface area contributed by atoms with Gasteiger partial charge in [0.05, 0.1) is 20.3 Å². The van der Waals surface area contributed by atoms with Crippen LogP contribution in [0.3, 0.4) is 0 Å². The Hall–Kier alpha value is -4.19. The molecule has 0 aromatic heterocycles. The molecule has 1 spiro atoms. The van der Waals surface area contributed by atoms with E-state index >= 15 is 0 Å². The Morgan fingerprint density at radius 3 is 2.26 bits per heavy atom. The average Bonchev–Trinajstić information content (AvgIpc) is 3.35. The molecule has 0 amide bonds. The van der Waals surface area contributed by atoms with E-state index in [1.54, 1.807) is 43.5 Å². The number of nitrogens with zero attached hydrogens (tertiary/aromatic N) is 1. The molecule has 6 rings (SSSR count). The van der Waals surface area contributed by atoms with Crippen LogP contribution in [0.15, 0.2) is 78.9 Å². The highest BCUT2D eigenvalue weighted by atomic mass is 16.5. The van der Waals surface area contributed by atoms with Crippen molar-refractivity contribution in [3.05, 3.63) is 101 Å². The maximum absolute atomic E-state index is 14.3. The molecule has 3 atom stereocenters. The van der Waals surface area contributed by atoms with Crippen molar-refractivity contribution in [2.24, 2.45) is 5.41 Å². The number of carbonyl (C=O) groups is 3. The molecular formula is C29H23NO5. The summed E-state index contributed by atoms with van der Waals surface area (Å²) in [5, 5.41) is 0. The molecule has 0 N–H and O–H groups in total. The summed E-state index contributed by atoms with van der Waals surface area (Å²) >= 11 is 0. The summed E-state index contributed by atoms with van der Waals surface area (Å²) in [7, 11) is 2.90. The van der Waals surface area contributed by atoms with E-state index < -0.39 is 29.4 Å². The largest absolute Gasteiger partial charge is 0.497 e. The van der Waals surface area contributed by atoms with Crippen LogP contribution < -0.4 is 9.64 Å². The molecule has 1 saturated heterocycles. The van der Waals surface area contributed by atoms with E-state index in [1.807, 2.05) is 53.5 Å². The molecule has 0 saturated carbocycles. The van der Waals surface area contributed by atoms with E-state index in [0.29, 0.717) is 22.4 Å². The van der Waals surface area contributed by atoms with Crippen molar-refractivity contribution in [1.82, 2.24) is 0 Å². The number of hydrogen-bond acceptors (Lipinski definition) is 6. The van der Waals surface area contributed by atoms with Gasteiger partial charge < -0.3 is 14.4 Å². The van der Waals surface area contributed by atoms with Crippen molar-refractivity contribution in [3.8, 4) is 5.75 Å². The molecule has 1 aliphatic carbocycles. The average molecular weight is 466 g/mol. The zero-order chi connectivity index (χ0) is 24.3. The Morgan fingerprint density at radius 1 is 0.886 bits per heavy atom. The maximum atomic E-state index is 14.3. The van der Waals surface area contributed by atoms with Crippen LogP contribution in [0.2, 0.25) is 0 Å². The van der Waals surface area contributed by atoms with Crippen molar-refractivity contribution in [3.63, 3.8) is 0 Å². The van der Waals surface area contributed by atoms with Gasteiger partial charge in [-0.15, -0.1) is 0 Å². The standard InChI is InChI=1S/C29H23NO5/c1-34-19-10-7-9-18(16-19)24-25(28(33)35-2)30-22-13-6-3-8-17(22)14-15-23(30)29(24)26(31)20-11-4-5-12-21(20)27(29)32/h3-16,23-25H,1-2H3/t23-,24+,25-/m1/s1. The Bertz CT molecular complexity index is 1390. The van der Waals surface area contributed by atoms with Crippen LogP contribution >= 0.6 is 0 Å². The number of benzene rings is 3. The Morgan fingerprint density at radius 2 is 1.57 bits per heavy atom. The normalized spacial score (nSPS) is 23.1. The van der Waals surface area contributed by atoms with Crippen LogP contribution in [0.5, 0.6) is 5.75 Å². The van der Waals surface area contributed by atoms with Gasteiger partial charge in [0.25, 0.3) is 0 Å². The van der Waals surface area contributed by atoms with Gasteiger partial charge in [-0.3, -0.25) is 9.59 Å². The number of Topliss-reactive ketones (excluding diaryl/α,β-unsaturated/α-hetero) is 2. The number of hydrogen-bond donors (Lipinski definition) is 0. The number of esters is 1. The van der Waals surface area contributed by atoms with Gasteiger partial charge in [-0.25, -0.2) is 4.79 Å². The molecule has 2 aliphatic heterocycles. The number of carbonyl (C=O) groups excluding carboxylic acids is 3. The fraction of sp³-hybridized carbons (Fsp3) is 0.207. The van der Waals surface area contributed by atoms with Crippen LogP contribution in [-0.2, 0) is 9.53 Å². The zero-order valence-electron chi connectivity index (χ0n) is 19.3. The molecule has 3 aliphatic rings. The minimum Gasteiger partial charge on any atom is -0.497 e. The highest BCUT2D eigenvalue weighted by molar-refractivity contribution is 6.32. The van der Waals surface area contributed by atoms with E-state index in [-0.39, 0.29) is 11.6 Å². The van der Waals surface area contributed by atoms with Gasteiger partial charge in [0.2, 0.25) is 0 Å². The third-order valence-electron chi connectivity index (χ3n) is 7.61. The Kier molecular flexibility index (Phi) is 4.68. The minimum absolute atomic E-state index is 0.267. The molecule has 6 nitrogen and oxygen atoms in total. The lowest BCUT2D eigenvalue weighted by atomic mass is 9.64. The van der Waals surface area contributed by atoms with E-state index in [1.165, 1.54) is 7.11 Å². The predicted octanol–water partition coefficient (Wildman–Crippen LogP) is 4.30. The third-order valence-corrected chi connectivity index (χ3v) is 7.61. The van der Waals surface area contributed by atoms with Gasteiger partial charge in [0, 0.05) is 22.7 Å². The number of ketones is 2. The second-order valence-electron chi connectivity index (χ2n) is 9.07. The van der Waals surface area contributed by atoms with E-state index in [2.05, 4.69) is 0 Å².